The summed E-state index contributed by atoms with van der Waals surface area (Å²) in [6.07, 6.45) is 11.4. The van der Waals surface area contributed by atoms with Crippen molar-refractivity contribution in [1.82, 2.24) is 19.4 Å². The van der Waals surface area contributed by atoms with Crippen LogP contribution in [0.1, 0.15) is 31.2 Å². The number of carbonyl (C=O) groups is 1. The number of phenols is 1. The molecule has 12 heteroatoms. The van der Waals surface area contributed by atoms with E-state index in [1.807, 2.05) is 30.2 Å². The SMILES string of the molecule is Cn1cc(-c2cc3c(NC4CCC(N)CC4)c(C(N)=Nc4ccc(O)cc4Cl)cnn3c2)cn1.O=CO. The van der Waals surface area contributed by atoms with Crippen molar-refractivity contribution < 1.29 is 15.0 Å². The topological polar surface area (TPSA) is 169 Å². The fourth-order valence-corrected chi connectivity index (χ4v) is 4.59. The van der Waals surface area contributed by atoms with Gasteiger partial charge in [-0.2, -0.15) is 10.2 Å². The van der Waals surface area contributed by atoms with Gasteiger partial charge >= 0.3 is 0 Å². The smallest absolute Gasteiger partial charge is 0.290 e. The first-order chi connectivity index (χ1) is 17.8. The van der Waals surface area contributed by atoms with Gasteiger partial charge in [0.15, 0.2) is 0 Å². The average molecular weight is 525 g/mol. The van der Waals surface area contributed by atoms with Crippen LogP contribution in [0.25, 0.3) is 16.6 Å². The van der Waals surface area contributed by atoms with E-state index in [9.17, 15) is 5.11 Å². The average Bonchev–Trinajstić information content (AvgIpc) is 3.49. The molecule has 0 bridgehead atoms. The van der Waals surface area contributed by atoms with Crippen LogP contribution in [-0.2, 0) is 11.8 Å². The quantitative estimate of drug-likeness (QED) is 0.150. The third kappa shape index (κ3) is 6.01. The van der Waals surface area contributed by atoms with Gasteiger partial charge in [-0.1, -0.05) is 11.6 Å². The van der Waals surface area contributed by atoms with E-state index in [0.717, 1.165) is 48.0 Å². The number of amidine groups is 1. The number of nitrogens with one attached hydrogen (secondary N) is 1. The molecule has 1 aliphatic carbocycles. The Kier molecular flexibility index (Phi) is 7.95. The number of nitrogens with zero attached hydrogens (tertiary/aromatic N) is 5. The summed E-state index contributed by atoms with van der Waals surface area (Å²) in [5.41, 5.74) is 17.5. The van der Waals surface area contributed by atoms with E-state index in [4.69, 9.17) is 33.0 Å². The van der Waals surface area contributed by atoms with Crippen LogP contribution in [0.2, 0.25) is 5.02 Å². The van der Waals surface area contributed by atoms with Gasteiger partial charge in [-0.05, 0) is 43.9 Å². The van der Waals surface area contributed by atoms with Crippen LogP contribution in [0, 0.1) is 0 Å². The number of hydrogen-bond donors (Lipinski definition) is 5. The summed E-state index contributed by atoms with van der Waals surface area (Å²) >= 11 is 6.26. The molecule has 0 amide bonds. The third-order valence-corrected chi connectivity index (χ3v) is 6.55. The predicted octanol–water partition coefficient (Wildman–Crippen LogP) is 3.51. The standard InChI is InChI=1S/C24H27ClN8O.CH2O2/c1-32-12-15(10-28-32)14-8-22-23(30-17-4-2-16(26)3-5-17)19(11-29-33(22)13-14)24(27)31-21-7-6-18(34)9-20(21)25;2-1-3/h6-13,16-17,30,34H,2-5,26H2,1H3,(H2,27,31);1H,(H,2,3). The second kappa shape index (κ2) is 11.3. The van der Waals surface area contributed by atoms with E-state index < -0.39 is 0 Å². The van der Waals surface area contributed by atoms with Gasteiger partial charge in [-0.25, -0.2) is 9.51 Å². The molecule has 1 saturated carbocycles. The van der Waals surface area contributed by atoms with Gasteiger partial charge in [0.05, 0.1) is 39.9 Å². The van der Waals surface area contributed by atoms with Crippen molar-refractivity contribution >= 4 is 40.8 Å². The summed E-state index contributed by atoms with van der Waals surface area (Å²) < 4.78 is 3.61. The Balaban J connectivity index is 0.00000102. The highest BCUT2D eigenvalue weighted by molar-refractivity contribution is 6.33. The van der Waals surface area contributed by atoms with Gasteiger partial charge < -0.3 is 27.0 Å². The molecule has 0 saturated heterocycles. The summed E-state index contributed by atoms with van der Waals surface area (Å²) in [4.78, 5) is 12.9. The van der Waals surface area contributed by atoms with Gasteiger partial charge in [-0.3, -0.25) is 9.48 Å². The van der Waals surface area contributed by atoms with Crippen molar-refractivity contribution in [1.29, 1.82) is 0 Å². The molecule has 0 radical (unpaired) electrons. The van der Waals surface area contributed by atoms with Crippen molar-refractivity contribution in [3.63, 3.8) is 0 Å². The predicted molar refractivity (Wildman–Crippen MR) is 143 cm³/mol. The maximum Gasteiger partial charge on any atom is 0.290 e. The van der Waals surface area contributed by atoms with E-state index in [0.29, 0.717) is 16.3 Å². The highest BCUT2D eigenvalue weighted by atomic mass is 35.5. The number of phenolic OH excluding ortho intramolecular Hbond substituents is 1. The molecular formula is C25H29ClN8O3. The Labute approximate surface area is 218 Å². The number of rotatable bonds is 5. The Morgan fingerprint density at radius 1 is 1.16 bits per heavy atom. The van der Waals surface area contributed by atoms with Gasteiger partial charge in [0.2, 0.25) is 0 Å². The molecule has 0 aliphatic heterocycles. The van der Waals surface area contributed by atoms with Crippen molar-refractivity contribution in [2.24, 2.45) is 23.5 Å². The highest BCUT2D eigenvalue weighted by Crippen LogP contribution is 2.33. The number of benzene rings is 1. The van der Waals surface area contributed by atoms with Gasteiger partial charge in [0, 0.05) is 48.7 Å². The normalized spacial score (nSPS) is 17.8. The number of halogens is 1. The fourth-order valence-electron chi connectivity index (χ4n) is 4.37. The minimum absolute atomic E-state index is 0.0691. The molecule has 1 fully saturated rings. The largest absolute Gasteiger partial charge is 0.508 e. The number of aliphatic imine (C=N–C) groups is 1. The monoisotopic (exact) mass is 524 g/mol. The van der Waals surface area contributed by atoms with E-state index in [1.54, 1.807) is 16.9 Å². The molecule has 194 valence electrons. The number of aromatic nitrogens is 4. The Bertz CT molecular complexity index is 1420. The second-order valence-corrected chi connectivity index (χ2v) is 9.30. The number of fused-ring (bicyclic) bond motifs is 1. The zero-order chi connectivity index (χ0) is 26.5. The molecule has 5 rings (SSSR count). The molecule has 0 spiro atoms. The number of carboxylic acid groups (broad SMARTS) is 1. The minimum atomic E-state index is -0.250. The first kappa shape index (κ1) is 26.0. The zero-order valence-electron chi connectivity index (χ0n) is 20.3. The van der Waals surface area contributed by atoms with Crippen LogP contribution < -0.4 is 16.8 Å². The number of aryl methyl sites for hydroxylation is 1. The van der Waals surface area contributed by atoms with Crippen molar-refractivity contribution in [2.75, 3.05) is 5.32 Å². The van der Waals surface area contributed by atoms with E-state index in [1.165, 1.54) is 12.1 Å². The van der Waals surface area contributed by atoms with E-state index >= 15 is 0 Å². The molecule has 1 aliphatic rings. The van der Waals surface area contributed by atoms with Gasteiger partial charge in [0.25, 0.3) is 6.47 Å². The Morgan fingerprint density at radius 3 is 2.54 bits per heavy atom. The number of aromatic hydroxyl groups is 1. The number of hydrogen-bond acceptors (Lipinski definition) is 7. The third-order valence-electron chi connectivity index (χ3n) is 6.24. The lowest BCUT2D eigenvalue weighted by atomic mass is 9.91. The van der Waals surface area contributed by atoms with Gasteiger partial charge in [-0.15, -0.1) is 0 Å². The molecule has 37 heavy (non-hydrogen) atoms. The van der Waals surface area contributed by atoms with E-state index in [-0.39, 0.29) is 30.1 Å². The summed E-state index contributed by atoms with van der Waals surface area (Å²) in [5.74, 6) is 0.348. The van der Waals surface area contributed by atoms with Crippen LogP contribution in [0.15, 0.2) is 54.0 Å². The molecular weight excluding hydrogens is 496 g/mol. The van der Waals surface area contributed by atoms with Crippen molar-refractivity contribution in [3.05, 3.63) is 59.6 Å². The molecule has 4 aromatic rings. The number of anilines is 1. The van der Waals surface area contributed by atoms with E-state index in [2.05, 4.69) is 26.6 Å². The molecule has 7 N–H and O–H groups in total. The first-order valence-electron chi connectivity index (χ1n) is 11.7. The fraction of sp³-hybridized carbons (Fsp3) is 0.280. The van der Waals surface area contributed by atoms with Crippen LogP contribution in [0.4, 0.5) is 11.4 Å². The Morgan fingerprint density at radius 2 is 1.89 bits per heavy atom. The van der Waals surface area contributed by atoms with Crippen LogP contribution in [-0.4, -0.2) is 54.0 Å². The summed E-state index contributed by atoms with van der Waals surface area (Å²) in [6, 6.07) is 7.19. The Hall–Kier alpha value is -4.09. The lowest BCUT2D eigenvalue weighted by molar-refractivity contribution is -0.122. The maximum absolute atomic E-state index is 9.65. The zero-order valence-corrected chi connectivity index (χ0v) is 21.0. The molecule has 3 heterocycles. The van der Waals surface area contributed by atoms with Crippen LogP contribution >= 0.6 is 11.6 Å². The molecule has 0 atom stereocenters. The van der Waals surface area contributed by atoms with Crippen molar-refractivity contribution in [2.45, 2.75) is 37.8 Å². The number of nitrogens with two attached hydrogens (primary N) is 2. The highest BCUT2D eigenvalue weighted by Gasteiger charge is 2.22. The molecule has 1 aromatic carbocycles. The minimum Gasteiger partial charge on any atom is -0.508 e. The van der Waals surface area contributed by atoms with Gasteiger partial charge in [0.1, 0.15) is 11.6 Å². The molecule has 11 nitrogen and oxygen atoms in total. The summed E-state index contributed by atoms with van der Waals surface area (Å²) in [7, 11) is 1.89. The molecule has 0 unspecified atom stereocenters. The summed E-state index contributed by atoms with van der Waals surface area (Å²) in [6.45, 7) is -0.250. The second-order valence-electron chi connectivity index (χ2n) is 8.89. The lowest BCUT2D eigenvalue weighted by Gasteiger charge is -2.28. The first-order valence-corrected chi connectivity index (χ1v) is 12.1. The van der Waals surface area contributed by atoms with Crippen LogP contribution in [0.3, 0.4) is 0 Å². The summed E-state index contributed by atoms with van der Waals surface area (Å²) in [5, 5.41) is 29.4. The lowest BCUT2D eigenvalue weighted by Crippen LogP contribution is -2.33. The van der Waals surface area contributed by atoms with Crippen molar-refractivity contribution in [3.8, 4) is 16.9 Å². The molecule has 3 aromatic heterocycles. The van der Waals surface area contributed by atoms with Crippen LogP contribution in [0.5, 0.6) is 5.75 Å². The maximum atomic E-state index is 9.65.